The summed E-state index contributed by atoms with van der Waals surface area (Å²) >= 11 is 0. The summed E-state index contributed by atoms with van der Waals surface area (Å²) in [5.74, 6) is 6.95. The highest BCUT2D eigenvalue weighted by atomic mass is 16.8. The van der Waals surface area contributed by atoms with Crippen LogP contribution >= 0.6 is 0 Å². The van der Waals surface area contributed by atoms with Gasteiger partial charge >= 0.3 is 0 Å². The Kier molecular flexibility index (Phi) is 4.65. The Bertz CT molecular complexity index is 598. The standard InChI is InChI=1S/C21H26N2O/c22-24-23-20-14-8-7-13-18(20)19(16-9-3-1-4-10-16)15-21(23)17-11-5-2-6-12-17/h1-6,9-12,18-21H,7-8,13-15,22H2/t18-,19+,20+,21-/m1/s1. The topological polar surface area (TPSA) is 38.5 Å². The molecule has 0 spiro atoms. The molecule has 0 bridgehead atoms. The Morgan fingerprint density at radius 1 is 0.833 bits per heavy atom. The fourth-order valence-corrected chi connectivity index (χ4v) is 4.87. The summed E-state index contributed by atoms with van der Waals surface area (Å²) in [5.41, 5.74) is 2.76. The molecule has 0 amide bonds. The number of hydrogen-bond acceptors (Lipinski definition) is 3. The molecule has 1 saturated carbocycles. The number of nitrogens with two attached hydrogens (primary N) is 1. The first-order valence-electron chi connectivity index (χ1n) is 9.13. The Balaban J connectivity index is 1.72. The number of hydroxylamine groups is 2. The van der Waals surface area contributed by atoms with Gasteiger partial charge < -0.3 is 0 Å². The first-order chi connectivity index (χ1) is 11.9. The zero-order valence-electron chi connectivity index (χ0n) is 14.1. The van der Waals surface area contributed by atoms with Gasteiger partial charge in [0.2, 0.25) is 0 Å². The molecule has 1 aliphatic heterocycles. The lowest BCUT2D eigenvalue weighted by Crippen LogP contribution is -2.52. The Labute approximate surface area is 144 Å². The third-order valence-corrected chi connectivity index (χ3v) is 5.94. The van der Waals surface area contributed by atoms with Gasteiger partial charge in [0.05, 0.1) is 6.04 Å². The Hall–Kier alpha value is -1.68. The molecule has 0 unspecified atom stereocenters. The summed E-state index contributed by atoms with van der Waals surface area (Å²) < 4.78 is 0. The minimum atomic E-state index is 0.223. The van der Waals surface area contributed by atoms with E-state index in [1.54, 1.807) is 0 Å². The minimum absolute atomic E-state index is 0.223. The van der Waals surface area contributed by atoms with Crippen LogP contribution in [-0.4, -0.2) is 11.1 Å². The summed E-state index contributed by atoms with van der Waals surface area (Å²) in [5, 5.41) is 2.10. The molecule has 3 heteroatoms. The molecular formula is C21H26N2O. The second-order valence-electron chi connectivity index (χ2n) is 7.16. The van der Waals surface area contributed by atoms with Gasteiger partial charge in [0.25, 0.3) is 0 Å². The lowest BCUT2D eigenvalue weighted by atomic mass is 9.67. The zero-order valence-corrected chi connectivity index (χ0v) is 14.1. The SMILES string of the molecule is NON1[C@@H](c2ccccc2)C[C@@H](c2ccccc2)[C@H]2CCCC[C@@H]21. The molecule has 4 atom stereocenters. The smallest absolute Gasteiger partial charge is 0.0630 e. The fraction of sp³-hybridized carbons (Fsp3) is 0.429. The molecule has 126 valence electrons. The van der Waals surface area contributed by atoms with E-state index in [9.17, 15) is 0 Å². The summed E-state index contributed by atoms with van der Waals surface area (Å²) in [6.07, 6.45) is 6.09. The first-order valence-corrected chi connectivity index (χ1v) is 9.13. The highest BCUT2D eigenvalue weighted by Gasteiger charge is 2.45. The minimum Gasteiger partial charge on any atom is -0.213 e. The van der Waals surface area contributed by atoms with Crippen LogP contribution < -0.4 is 5.90 Å². The second-order valence-corrected chi connectivity index (χ2v) is 7.16. The molecule has 0 aromatic heterocycles. The number of hydrogen-bond donors (Lipinski definition) is 1. The number of benzene rings is 2. The van der Waals surface area contributed by atoms with E-state index in [2.05, 4.69) is 65.7 Å². The quantitative estimate of drug-likeness (QED) is 0.841. The molecule has 24 heavy (non-hydrogen) atoms. The maximum atomic E-state index is 5.75. The van der Waals surface area contributed by atoms with Crippen molar-refractivity contribution < 1.29 is 4.94 Å². The molecule has 2 aromatic carbocycles. The lowest BCUT2D eigenvalue weighted by molar-refractivity contribution is -0.253. The van der Waals surface area contributed by atoms with Crippen LogP contribution in [0.1, 0.15) is 55.2 Å². The van der Waals surface area contributed by atoms with E-state index in [0.29, 0.717) is 17.9 Å². The third-order valence-electron chi connectivity index (χ3n) is 5.94. The molecule has 4 rings (SSSR count). The van der Waals surface area contributed by atoms with Gasteiger partial charge in [-0.1, -0.05) is 73.5 Å². The lowest BCUT2D eigenvalue weighted by Gasteiger charge is -2.50. The fourth-order valence-electron chi connectivity index (χ4n) is 4.87. The van der Waals surface area contributed by atoms with Crippen molar-refractivity contribution >= 4 is 0 Å². The van der Waals surface area contributed by atoms with Crippen LogP contribution in [0.3, 0.4) is 0 Å². The van der Waals surface area contributed by atoms with Gasteiger partial charge in [0.15, 0.2) is 0 Å². The predicted octanol–water partition coefficient (Wildman–Crippen LogP) is 4.58. The molecule has 1 heterocycles. The molecular weight excluding hydrogens is 296 g/mol. The molecule has 3 nitrogen and oxygen atoms in total. The summed E-state index contributed by atoms with van der Waals surface area (Å²) in [7, 11) is 0. The monoisotopic (exact) mass is 322 g/mol. The van der Waals surface area contributed by atoms with E-state index in [1.165, 1.54) is 36.8 Å². The number of nitrogens with zero attached hydrogens (tertiary/aromatic N) is 1. The van der Waals surface area contributed by atoms with Gasteiger partial charge in [0.1, 0.15) is 0 Å². The van der Waals surface area contributed by atoms with Crippen LogP contribution in [0.2, 0.25) is 0 Å². The van der Waals surface area contributed by atoms with Crippen LogP contribution in [0.25, 0.3) is 0 Å². The summed E-state index contributed by atoms with van der Waals surface area (Å²) in [6, 6.07) is 22.3. The summed E-state index contributed by atoms with van der Waals surface area (Å²) in [4.78, 5) is 5.45. The first kappa shape index (κ1) is 15.8. The maximum absolute atomic E-state index is 5.75. The predicted molar refractivity (Wildman–Crippen MR) is 95.8 cm³/mol. The van der Waals surface area contributed by atoms with E-state index >= 15 is 0 Å². The average Bonchev–Trinajstić information content (AvgIpc) is 2.68. The van der Waals surface area contributed by atoms with E-state index < -0.39 is 0 Å². The van der Waals surface area contributed by atoms with Crippen LogP contribution in [-0.2, 0) is 4.94 Å². The zero-order chi connectivity index (χ0) is 16.4. The largest absolute Gasteiger partial charge is 0.213 e. The Morgan fingerprint density at radius 2 is 1.46 bits per heavy atom. The normalized spacial score (nSPS) is 30.7. The molecule has 2 fully saturated rings. The molecule has 0 radical (unpaired) electrons. The highest BCUT2D eigenvalue weighted by Crippen LogP contribution is 2.50. The van der Waals surface area contributed by atoms with Crippen LogP contribution in [0.5, 0.6) is 0 Å². The van der Waals surface area contributed by atoms with E-state index in [0.717, 1.165) is 6.42 Å². The third kappa shape index (κ3) is 2.88. The van der Waals surface area contributed by atoms with Crippen LogP contribution in [0.4, 0.5) is 0 Å². The number of piperidine rings is 1. The van der Waals surface area contributed by atoms with Crippen molar-refractivity contribution in [1.82, 2.24) is 5.06 Å². The Morgan fingerprint density at radius 3 is 2.12 bits per heavy atom. The molecule has 1 saturated heterocycles. The van der Waals surface area contributed by atoms with E-state index in [-0.39, 0.29) is 6.04 Å². The van der Waals surface area contributed by atoms with Gasteiger partial charge in [-0.05, 0) is 42.2 Å². The van der Waals surface area contributed by atoms with Crippen molar-refractivity contribution in [2.24, 2.45) is 11.8 Å². The molecule has 2 aromatic rings. The maximum Gasteiger partial charge on any atom is 0.0630 e. The van der Waals surface area contributed by atoms with Gasteiger partial charge in [-0.25, -0.2) is 4.94 Å². The van der Waals surface area contributed by atoms with E-state index in [1.807, 2.05) is 0 Å². The average molecular weight is 322 g/mol. The van der Waals surface area contributed by atoms with Gasteiger partial charge in [-0.3, -0.25) is 0 Å². The summed E-state index contributed by atoms with van der Waals surface area (Å²) in [6.45, 7) is 0. The van der Waals surface area contributed by atoms with Gasteiger partial charge in [-0.2, -0.15) is 11.0 Å². The number of fused-ring (bicyclic) bond motifs is 1. The molecule has 1 aliphatic carbocycles. The van der Waals surface area contributed by atoms with Crippen molar-refractivity contribution in [3.63, 3.8) is 0 Å². The van der Waals surface area contributed by atoms with Crippen LogP contribution in [0.15, 0.2) is 60.7 Å². The van der Waals surface area contributed by atoms with Crippen molar-refractivity contribution in [3.8, 4) is 0 Å². The van der Waals surface area contributed by atoms with E-state index in [4.69, 9.17) is 10.8 Å². The van der Waals surface area contributed by atoms with Crippen molar-refractivity contribution in [1.29, 1.82) is 0 Å². The highest BCUT2D eigenvalue weighted by molar-refractivity contribution is 5.26. The van der Waals surface area contributed by atoms with Gasteiger partial charge in [-0.15, -0.1) is 0 Å². The van der Waals surface area contributed by atoms with Crippen molar-refractivity contribution in [3.05, 3.63) is 71.8 Å². The molecule has 2 aliphatic rings. The van der Waals surface area contributed by atoms with Gasteiger partial charge in [0, 0.05) is 6.04 Å². The van der Waals surface area contributed by atoms with Crippen LogP contribution in [0, 0.1) is 5.92 Å². The number of rotatable bonds is 3. The second kappa shape index (κ2) is 7.06. The molecule has 2 N–H and O–H groups in total. The van der Waals surface area contributed by atoms with Crippen molar-refractivity contribution in [2.75, 3.05) is 0 Å². The van der Waals surface area contributed by atoms with Crippen molar-refractivity contribution in [2.45, 2.75) is 50.1 Å².